The summed E-state index contributed by atoms with van der Waals surface area (Å²) >= 11 is 12.0. The maximum atomic E-state index is 12.7. The molecule has 1 fully saturated rings. The van der Waals surface area contributed by atoms with Crippen LogP contribution in [0.4, 0.5) is 5.69 Å². The van der Waals surface area contributed by atoms with Gasteiger partial charge in [0.25, 0.3) is 5.91 Å². The second-order valence-corrected chi connectivity index (χ2v) is 7.52. The van der Waals surface area contributed by atoms with Crippen LogP contribution in [0, 0.1) is 0 Å². The van der Waals surface area contributed by atoms with Crippen molar-refractivity contribution in [2.75, 3.05) is 25.6 Å². The molecule has 0 spiro atoms. The number of amides is 2. The molecule has 2 amide bonds. The third-order valence-corrected chi connectivity index (χ3v) is 5.08. The lowest BCUT2D eigenvalue weighted by atomic mass is 10.3. The molecule has 0 bridgehead atoms. The van der Waals surface area contributed by atoms with E-state index in [9.17, 15) is 9.59 Å². The number of benzene rings is 2. The first-order valence-corrected chi connectivity index (χ1v) is 10.0. The number of nitrogens with one attached hydrogen (secondary N) is 1. The Balaban J connectivity index is 1.54. The van der Waals surface area contributed by atoms with Crippen LogP contribution in [0.5, 0.6) is 11.5 Å². The van der Waals surface area contributed by atoms with Gasteiger partial charge in [0, 0.05) is 24.0 Å². The zero-order chi connectivity index (χ0) is 20.8. The normalized spacial score (nSPS) is 12.9. The number of ether oxygens (including phenoxy) is 2. The molecular weight excluding hydrogens is 415 g/mol. The third-order valence-electron chi connectivity index (χ3n) is 4.51. The monoisotopic (exact) mass is 436 g/mol. The van der Waals surface area contributed by atoms with E-state index in [0.717, 1.165) is 12.8 Å². The molecule has 2 aromatic rings. The molecule has 154 valence electrons. The van der Waals surface area contributed by atoms with Gasteiger partial charge in [-0.3, -0.25) is 9.59 Å². The number of anilines is 1. The first kappa shape index (κ1) is 21.3. The number of methoxy groups -OCH3 is 1. The van der Waals surface area contributed by atoms with Crippen molar-refractivity contribution in [1.82, 2.24) is 4.90 Å². The van der Waals surface area contributed by atoms with Gasteiger partial charge in [-0.1, -0.05) is 35.3 Å². The lowest BCUT2D eigenvalue weighted by molar-refractivity contribution is -0.134. The van der Waals surface area contributed by atoms with E-state index >= 15 is 0 Å². The van der Waals surface area contributed by atoms with Crippen LogP contribution in [0.2, 0.25) is 10.0 Å². The predicted molar refractivity (Wildman–Crippen MR) is 113 cm³/mol. The van der Waals surface area contributed by atoms with E-state index in [4.69, 9.17) is 32.7 Å². The standard InChI is InChI=1S/C21H22Cl2N2O4/c1-28-18-4-2-3-5-19(18)29-13-21(27)25(15-7-8-15)11-10-20(26)24-17-12-14(22)6-9-16(17)23/h2-6,9,12,15H,7-8,10-11,13H2,1H3,(H,24,26). The molecule has 1 saturated carbocycles. The third kappa shape index (κ3) is 6.02. The molecule has 3 rings (SSSR count). The van der Waals surface area contributed by atoms with E-state index in [0.29, 0.717) is 33.8 Å². The van der Waals surface area contributed by atoms with E-state index < -0.39 is 0 Å². The summed E-state index contributed by atoms with van der Waals surface area (Å²) in [6.45, 7) is 0.196. The summed E-state index contributed by atoms with van der Waals surface area (Å²) in [5.41, 5.74) is 0.452. The molecule has 0 heterocycles. The number of nitrogens with zero attached hydrogens (tertiary/aromatic N) is 1. The van der Waals surface area contributed by atoms with Crippen molar-refractivity contribution in [3.05, 3.63) is 52.5 Å². The van der Waals surface area contributed by atoms with Crippen molar-refractivity contribution in [3.63, 3.8) is 0 Å². The second-order valence-electron chi connectivity index (χ2n) is 6.68. The molecule has 1 aliphatic carbocycles. The number of hydrogen-bond donors (Lipinski definition) is 1. The highest BCUT2D eigenvalue weighted by atomic mass is 35.5. The van der Waals surface area contributed by atoms with Crippen molar-refractivity contribution in [2.24, 2.45) is 0 Å². The Morgan fingerprint density at radius 3 is 2.55 bits per heavy atom. The van der Waals surface area contributed by atoms with E-state index in [1.165, 1.54) is 0 Å². The topological polar surface area (TPSA) is 67.9 Å². The van der Waals surface area contributed by atoms with E-state index in [1.807, 2.05) is 12.1 Å². The summed E-state index contributed by atoms with van der Waals surface area (Å²) in [7, 11) is 1.55. The van der Waals surface area contributed by atoms with Crippen molar-refractivity contribution in [3.8, 4) is 11.5 Å². The van der Waals surface area contributed by atoms with Crippen LogP contribution in [0.1, 0.15) is 19.3 Å². The van der Waals surface area contributed by atoms with Gasteiger partial charge in [0.05, 0.1) is 17.8 Å². The van der Waals surface area contributed by atoms with E-state index in [-0.39, 0.29) is 30.9 Å². The van der Waals surface area contributed by atoms with Gasteiger partial charge in [-0.2, -0.15) is 0 Å². The molecule has 6 nitrogen and oxygen atoms in total. The van der Waals surface area contributed by atoms with Gasteiger partial charge >= 0.3 is 0 Å². The number of carbonyl (C=O) groups is 2. The predicted octanol–water partition coefficient (Wildman–Crippen LogP) is 4.40. The van der Waals surface area contributed by atoms with Crippen molar-refractivity contribution in [2.45, 2.75) is 25.3 Å². The van der Waals surface area contributed by atoms with Crippen LogP contribution in [0.25, 0.3) is 0 Å². The fourth-order valence-electron chi connectivity index (χ4n) is 2.89. The quantitative estimate of drug-likeness (QED) is 0.632. The Labute approximate surface area is 179 Å². The molecule has 0 aliphatic heterocycles. The molecule has 0 atom stereocenters. The Morgan fingerprint density at radius 2 is 1.86 bits per heavy atom. The fourth-order valence-corrected chi connectivity index (χ4v) is 3.22. The highest BCUT2D eigenvalue weighted by Gasteiger charge is 2.32. The van der Waals surface area contributed by atoms with Gasteiger partial charge in [0.2, 0.25) is 5.91 Å². The van der Waals surface area contributed by atoms with Gasteiger partial charge in [-0.05, 0) is 43.2 Å². The minimum atomic E-state index is -0.238. The lowest BCUT2D eigenvalue weighted by Gasteiger charge is -2.22. The molecule has 8 heteroatoms. The zero-order valence-corrected chi connectivity index (χ0v) is 17.5. The first-order valence-electron chi connectivity index (χ1n) is 9.28. The highest BCUT2D eigenvalue weighted by Crippen LogP contribution is 2.29. The van der Waals surface area contributed by atoms with Gasteiger partial charge in [0.1, 0.15) is 0 Å². The number of halogens is 2. The average molecular weight is 437 g/mol. The van der Waals surface area contributed by atoms with Crippen molar-refractivity contribution >= 4 is 40.7 Å². The second kappa shape index (κ2) is 9.85. The molecule has 0 unspecified atom stereocenters. The van der Waals surface area contributed by atoms with E-state index in [2.05, 4.69) is 5.32 Å². The molecule has 0 radical (unpaired) electrons. The van der Waals surface area contributed by atoms with Crippen LogP contribution in [-0.4, -0.2) is 43.0 Å². The Morgan fingerprint density at radius 1 is 1.14 bits per heavy atom. The molecule has 2 aromatic carbocycles. The van der Waals surface area contributed by atoms with Crippen molar-refractivity contribution in [1.29, 1.82) is 0 Å². The summed E-state index contributed by atoms with van der Waals surface area (Å²) in [6.07, 6.45) is 2.02. The molecular formula is C21H22Cl2N2O4. The van der Waals surface area contributed by atoms with Gasteiger partial charge in [0.15, 0.2) is 18.1 Å². The summed E-state index contributed by atoms with van der Waals surface area (Å²) in [6, 6.07) is 12.2. The van der Waals surface area contributed by atoms with Gasteiger partial charge < -0.3 is 19.7 Å². The highest BCUT2D eigenvalue weighted by molar-refractivity contribution is 6.35. The van der Waals surface area contributed by atoms with Crippen LogP contribution in [0.15, 0.2) is 42.5 Å². The maximum absolute atomic E-state index is 12.7. The number of carbonyl (C=O) groups excluding carboxylic acids is 2. The lowest BCUT2D eigenvalue weighted by Crippen LogP contribution is -2.38. The fraction of sp³-hybridized carbons (Fsp3) is 0.333. The Hall–Kier alpha value is -2.44. The Kier molecular flexibility index (Phi) is 7.23. The Bertz CT molecular complexity index is 887. The van der Waals surface area contributed by atoms with Crippen LogP contribution < -0.4 is 14.8 Å². The van der Waals surface area contributed by atoms with Gasteiger partial charge in [-0.15, -0.1) is 0 Å². The summed E-state index contributed by atoms with van der Waals surface area (Å²) in [4.78, 5) is 26.7. The summed E-state index contributed by atoms with van der Waals surface area (Å²) in [5.74, 6) is 0.675. The summed E-state index contributed by atoms with van der Waals surface area (Å²) < 4.78 is 10.9. The largest absolute Gasteiger partial charge is 0.493 e. The molecule has 29 heavy (non-hydrogen) atoms. The molecule has 1 aliphatic rings. The summed E-state index contributed by atoms with van der Waals surface area (Å²) in [5, 5.41) is 3.62. The molecule has 0 saturated heterocycles. The number of rotatable bonds is 9. The zero-order valence-electron chi connectivity index (χ0n) is 16.0. The maximum Gasteiger partial charge on any atom is 0.260 e. The molecule has 1 N–H and O–H groups in total. The average Bonchev–Trinajstić information content (AvgIpc) is 3.54. The van der Waals surface area contributed by atoms with Crippen LogP contribution in [0.3, 0.4) is 0 Å². The first-order chi connectivity index (χ1) is 14.0. The number of hydrogen-bond acceptors (Lipinski definition) is 4. The minimum Gasteiger partial charge on any atom is -0.493 e. The molecule has 0 aromatic heterocycles. The smallest absolute Gasteiger partial charge is 0.260 e. The number of para-hydroxylation sites is 2. The minimum absolute atomic E-state index is 0.112. The van der Waals surface area contributed by atoms with Crippen LogP contribution in [-0.2, 0) is 9.59 Å². The van der Waals surface area contributed by atoms with Gasteiger partial charge in [-0.25, -0.2) is 0 Å². The van der Waals surface area contributed by atoms with Crippen molar-refractivity contribution < 1.29 is 19.1 Å². The van der Waals surface area contributed by atoms with E-state index in [1.54, 1.807) is 42.3 Å². The SMILES string of the molecule is COc1ccccc1OCC(=O)N(CCC(=O)Nc1cc(Cl)ccc1Cl)C1CC1. The van der Waals surface area contributed by atoms with Crippen LogP contribution >= 0.6 is 23.2 Å².